The van der Waals surface area contributed by atoms with Crippen molar-refractivity contribution in [2.75, 3.05) is 0 Å². The third-order valence-electron chi connectivity index (χ3n) is 11.8. The summed E-state index contributed by atoms with van der Waals surface area (Å²) >= 11 is 0. The minimum atomic E-state index is -0.771. The number of amides is 1. The largest absolute Gasteiger partial charge is 0.393 e. The molecule has 0 spiro atoms. The Labute approximate surface area is 225 Å². The molecule has 9 heteroatoms. The summed E-state index contributed by atoms with van der Waals surface area (Å²) in [5.41, 5.74) is -0.298. The Hall–Kier alpha value is -1.71. The van der Waals surface area contributed by atoms with Crippen LogP contribution in [-0.4, -0.2) is 57.5 Å². The number of hydrogen-bond acceptors (Lipinski definition) is 8. The van der Waals surface area contributed by atoms with Crippen LogP contribution in [0.5, 0.6) is 0 Å². The molecule has 5 fully saturated rings. The highest BCUT2D eigenvalue weighted by Gasteiger charge is 2.65. The van der Waals surface area contributed by atoms with Gasteiger partial charge in [0.1, 0.15) is 6.04 Å². The minimum absolute atomic E-state index is 0.0393. The number of fused-ring (bicyclic) bond motifs is 5. The molecule has 4 aliphatic carbocycles. The first-order valence-corrected chi connectivity index (χ1v) is 14.7. The average Bonchev–Trinajstić information content (AvgIpc) is 3.46. The van der Waals surface area contributed by atoms with Crippen LogP contribution in [0, 0.1) is 46.3 Å². The maximum Gasteiger partial charge on any atom is 0.377 e. The van der Waals surface area contributed by atoms with Crippen LogP contribution in [0.4, 0.5) is 0 Å². The molecule has 1 aliphatic heterocycles. The van der Waals surface area contributed by atoms with Crippen molar-refractivity contribution in [3.63, 3.8) is 0 Å². The zero-order valence-electron chi connectivity index (χ0n) is 22.9. The highest BCUT2D eigenvalue weighted by Crippen LogP contribution is 2.68. The van der Waals surface area contributed by atoms with Crippen LogP contribution in [0.1, 0.15) is 91.4 Å². The van der Waals surface area contributed by atoms with Gasteiger partial charge in [-0.15, -0.1) is 0 Å². The number of hydrogen-bond donors (Lipinski definition) is 4. The number of aliphatic hydroxyl groups is 3. The van der Waals surface area contributed by atoms with Crippen LogP contribution in [-0.2, 0) is 24.2 Å². The van der Waals surface area contributed by atoms with Crippen molar-refractivity contribution in [2.24, 2.45) is 46.3 Å². The van der Waals surface area contributed by atoms with Gasteiger partial charge in [0.25, 0.3) is 0 Å². The van der Waals surface area contributed by atoms with Gasteiger partial charge in [-0.25, -0.2) is 19.4 Å². The Bertz CT molecular complexity index is 942. The summed E-state index contributed by atoms with van der Waals surface area (Å²) in [5.74, 6) is -0.354. The molecule has 12 atom stereocenters. The van der Waals surface area contributed by atoms with Crippen LogP contribution < -0.4 is 5.32 Å². The van der Waals surface area contributed by atoms with Gasteiger partial charge in [0.2, 0.25) is 5.91 Å². The Morgan fingerprint density at radius 2 is 1.79 bits per heavy atom. The van der Waals surface area contributed by atoms with Gasteiger partial charge in [0.05, 0.1) is 24.7 Å². The topological polar surface area (TPSA) is 142 Å². The molecule has 1 amide bonds. The summed E-state index contributed by atoms with van der Waals surface area (Å²) in [4.78, 5) is 44.9. The highest BCUT2D eigenvalue weighted by molar-refractivity contribution is 5.88. The van der Waals surface area contributed by atoms with Gasteiger partial charge >= 0.3 is 11.9 Å². The van der Waals surface area contributed by atoms with E-state index >= 15 is 0 Å². The Kier molecular flexibility index (Phi) is 7.59. The van der Waals surface area contributed by atoms with E-state index in [9.17, 15) is 29.7 Å². The van der Waals surface area contributed by atoms with Crippen LogP contribution >= 0.6 is 0 Å². The predicted octanol–water partition coefficient (Wildman–Crippen LogP) is 2.64. The first-order valence-electron chi connectivity index (χ1n) is 14.7. The van der Waals surface area contributed by atoms with Gasteiger partial charge in [0.15, 0.2) is 0 Å². The first kappa shape index (κ1) is 27.8. The van der Waals surface area contributed by atoms with E-state index in [1.165, 1.54) is 0 Å². The molecule has 1 saturated heterocycles. The zero-order valence-corrected chi connectivity index (χ0v) is 22.9. The molecular formula is C29H45NO8. The van der Waals surface area contributed by atoms with Crippen LogP contribution in [0.25, 0.3) is 0 Å². The van der Waals surface area contributed by atoms with Crippen molar-refractivity contribution in [3.8, 4) is 0 Å². The van der Waals surface area contributed by atoms with Gasteiger partial charge in [-0.1, -0.05) is 20.8 Å². The SMILES string of the molecule is CC(CCC(=O)OOC(=O)C1CCC(=O)N1)C1CCC2C3C(O)CC4CC(O)CCC4(C)C3CC(O)C12C. The fourth-order valence-electron chi connectivity index (χ4n) is 9.66. The second kappa shape index (κ2) is 10.4. The van der Waals surface area contributed by atoms with E-state index in [1.54, 1.807) is 0 Å². The lowest BCUT2D eigenvalue weighted by Crippen LogP contribution is -2.62. The summed E-state index contributed by atoms with van der Waals surface area (Å²) in [5, 5.41) is 35.8. The Morgan fingerprint density at radius 1 is 1.03 bits per heavy atom. The van der Waals surface area contributed by atoms with Gasteiger partial charge in [-0.2, -0.15) is 0 Å². The standard InChI is InChI=1S/C29H45NO8/c1-15(4-9-25(35)37-38-27(36)21-7-8-24(34)30-21)18-5-6-19-26-20(14-23(33)29(18,19)3)28(2)11-10-17(31)12-16(28)13-22(26)32/h15-23,26,31-33H,4-14H2,1-3H3,(H,30,34). The number of nitrogens with one attached hydrogen (secondary N) is 1. The van der Waals surface area contributed by atoms with Crippen molar-refractivity contribution in [1.29, 1.82) is 0 Å². The molecule has 5 rings (SSSR count). The molecular weight excluding hydrogens is 490 g/mol. The fraction of sp³-hybridized carbons (Fsp3) is 0.897. The smallest absolute Gasteiger partial charge is 0.377 e. The highest BCUT2D eigenvalue weighted by atomic mass is 17.2. The monoisotopic (exact) mass is 535 g/mol. The quantitative estimate of drug-likeness (QED) is 0.311. The first-order chi connectivity index (χ1) is 17.9. The van der Waals surface area contributed by atoms with Crippen molar-refractivity contribution in [2.45, 2.75) is 116 Å². The average molecular weight is 536 g/mol. The molecule has 4 saturated carbocycles. The van der Waals surface area contributed by atoms with Crippen molar-refractivity contribution in [1.82, 2.24) is 5.32 Å². The number of aliphatic hydroxyl groups excluding tert-OH is 3. The second-order valence-electron chi connectivity index (χ2n) is 13.6. The lowest BCUT2D eigenvalue weighted by Gasteiger charge is -2.63. The summed E-state index contributed by atoms with van der Waals surface area (Å²) in [6.07, 6.45) is 5.83. The second-order valence-corrected chi connectivity index (χ2v) is 13.6. The summed E-state index contributed by atoms with van der Waals surface area (Å²) < 4.78 is 0. The third kappa shape index (κ3) is 4.66. The van der Waals surface area contributed by atoms with E-state index in [0.29, 0.717) is 25.2 Å². The van der Waals surface area contributed by atoms with E-state index in [2.05, 4.69) is 31.0 Å². The Morgan fingerprint density at radius 3 is 2.50 bits per heavy atom. The van der Waals surface area contributed by atoms with Crippen molar-refractivity contribution >= 4 is 17.8 Å². The van der Waals surface area contributed by atoms with E-state index in [1.807, 2.05) is 0 Å². The molecule has 0 aromatic rings. The maximum absolute atomic E-state index is 12.3. The third-order valence-corrected chi connectivity index (χ3v) is 11.8. The fourth-order valence-corrected chi connectivity index (χ4v) is 9.66. The predicted molar refractivity (Wildman–Crippen MR) is 136 cm³/mol. The molecule has 9 nitrogen and oxygen atoms in total. The van der Waals surface area contributed by atoms with Crippen LogP contribution in [0.2, 0.25) is 0 Å². The van der Waals surface area contributed by atoms with Gasteiger partial charge in [-0.05, 0) is 104 Å². The normalized spacial score (nSPS) is 46.8. The molecule has 214 valence electrons. The summed E-state index contributed by atoms with van der Waals surface area (Å²) in [6.45, 7) is 6.63. The molecule has 12 unspecified atom stereocenters. The van der Waals surface area contributed by atoms with Crippen LogP contribution in [0.15, 0.2) is 0 Å². The minimum Gasteiger partial charge on any atom is -0.393 e. The number of rotatable bonds is 5. The molecule has 38 heavy (non-hydrogen) atoms. The Balaban J connectivity index is 1.20. The molecule has 1 heterocycles. The summed E-state index contributed by atoms with van der Waals surface area (Å²) in [7, 11) is 0. The molecule has 0 aromatic carbocycles. The lowest BCUT2D eigenvalue weighted by molar-refractivity contribution is -0.260. The maximum atomic E-state index is 12.3. The van der Waals surface area contributed by atoms with Gasteiger partial charge < -0.3 is 20.6 Å². The van der Waals surface area contributed by atoms with E-state index in [4.69, 9.17) is 4.89 Å². The van der Waals surface area contributed by atoms with Crippen molar-refractivity contribution < 1.29 is 39.5 Å². The van der Waals surface area contributed by atoms with Crippen molar-refractivity contribution in [3.05, 3.63) is 0 Å². The number of carbonyl (C=O) groups excluding carboxylic acids is 3. The zero-order chi connectivity index (χ0) is 27.4. The van der Waals surface area contributed by atoms with Gasteiger partial charge in [0, 0.05) is 6.42 Å². The van der Waals surface area contributed by atoms with Gasteiger partial charge in [-0.3, -0.25) is 4.79 Å². The molecule has 0 aromatic heterocycles. The molecule has 4 N–H and O–H groups in total. The van der Waals surface area contributed by atoms with E-state index in [0.717, 1.165) is 38.5 Å². The molecule has 5 aliphatic rings. The molecule has 0 bridgehead atoms. The number of carbonyl (C=O) groups is 3. The lowest BCUT2D eigenvalue weighted by atomic mass is 9.43. The summed E-state index contributed by atoms with van der Waals surface area (Å²) in [6, 6.07) is -0.771. The van der Waals surface area contributed by atoms with E-state index in [-0.39, 0.29) is 65.3 Å². The van der Waals surface area contributed by atoms with E-state index < -0.39 is 30.2 Å². The van der Waals surface area contributed by atoms with Crippen LogP contribution in [0.3, 0.4) is 0 Å². The molecule has 0 radical (unpaired) electrons.